The Balaban J connectivity index is 2.35. The molecule has 0 unspecified atom stereocenters. The molecule has 1 aromatic heterocycles. The topological polar surface area (TPSA) is 37.8 Å². The number of nitrogens with zero attached hydrogens (tertiary/aromatic N) is 2. The Bertz CT molecular complexity index is 485. The minimum absolute atomic E-state index is 0.884. The molecule has 0 aliphatic heterocycles. The van der Waals surface area contributed by atoms with Crippen molar-refractivity contribution < 1.29 is 0 Å². The van der Waals surface area contributed by atoms with Gasteiger partial charge in [-0.15, -0.1) is 5.10 Å². The van der Waals surface area contributed by atoms with E-state index in [-0.39, 0.29) is 0 Å². The van der Waals surface area contributed by atoms with E-state index in [0.29, 0.717) is 0 Å². The predicted octanol–water partition coefficient (Wildman–Crippen LogP) is 2.71. The van der Waals surface area contributed by atoms with Crippen LogP contribution in [0.2, 0.25) is 0 Å². The van der Waals surface area contributed by atoms with Crippen LogP contribution in [0.5, 0.6) is 0 Å². The molecule has 2 aromatic rings. The van der Waals surface area contributed by atoms with Crippen LogP contribution in [0.3, 0.4) is 0 Å². The summed E-state index contributed by atoms with van der Waals surface area (Å²) in [4.78, 5) is 0. The van der Waals surface area contributed by atoms with Crippen molar-refractivity contribution >= 4 is 28.4 Å². The number of fused-ring (bicyclic) bond motifs is 1. The van der Waals surface area contributed by atoms with E-state index in [1.165, 1.54) is 5.39 Å². The highest BCUT2D eigenvalue weighted by atomic mass is 32.2. The molecular formula is C12H15N3S. The Morgan fingerprint density at radius 3 is 2.69 bits per heavy atom. The highest BCUT2D eigenvalue weighted by molar-refractivity contribution is 7.98. The monoisotopic (exact) mass is 233 g/mol. The zero-order chi connectivity index (χ0) is 11.4. The maximum absolute atomic E-state index is 4.21. The Labute approximate surface area is 99.7 Å². The van der Waals surface area contributed by atoms with E-state index in [2.05, 4.69) is 33.9 Å². The minimum Gasteiger partial charge on any atom is -0.367 e. The van der Waals surface area contributed by atoms with E-state index in [9.17, 15) is 0 Å². The normalized spacial score (nSPS) is 10.6. The molecule has 0 atom stereocenters. The van der Waals surface area contributed by atoms with Crippen LogP contribution in [0.1, 0.15) is 5.69 Å². The van der Waals surface area contributed by atoms with Crippen molar-refractivity contribution in [2.45, 2.75) is 6.92 Å². The second kappa shape index (κ2) is 5.16. The summed E-state index contributed by atoms with van der Waals surface area (Å²) in [6.45, 7) is 2.91. The molecule has 0 spiro atoms. The van der Waals surface area contributed by atoms with Crippen LogP contribution in [0.4, 0.5) is 5.82 Å². The van der Waals surface area contributed by atoms with E-state index in [1.54, 1.807) is 0 Å². The number of aromatic nitrogens is 2. The Morgan fingerprint density at radius 1 is 1.19 bits per heavy atom. The third kappa shape index (κ3) is 2.27. The average molecular weight is 233 g/mol. The van der Waals surface area contributed by atoms with Crippen LogP contribution in [-0.4, -0.2) is 28.8 Å². The molecule has 0 saturated heterocycles. The maximum atomic E-state index is 4.21. The summed E-state index contributed by atoms with van der Waals surface area (Å²) >= 11 is 1.82. The first-order valence-corrected chi connectivity index (χ1v) is 6.67. The summed E-state index contributed by atoms with van der Waals surface area (Å²) in [6, 6.07) is 8.23. The number of nitrogens with one attached hydrogen (secondary N) is 1. The van der Waals surface area contributed by atoms with Gasteiger partial charge in [0.25, 0.3) is 0 Å². The van der Waals surface area contributed by atoms with Gasteiger partial charge in [-0.1, -0.05) is 24.3 Å². The van der Waals surface area contributed by atoms with Crippen molar-refractivity contribution in [1.82, 2.24) is 10.2 Å². The van der Waals surface area contributed by atoms with Crippen LogP contribution in [0.25, 0.3) is 10.8 Å². The molecule has 1 N–H and O–H groups in total. The van der Waals surface area contributed by atoms with E-state index in [1.807, 2.05) is 30.8 Å². The van der Waals surface area contributed by atoms with Gasteiger partial charge < -0.3 is 5.32 Å². The molecule has 16 heavy (non-hydrogen) atoms. The minimum atomic E-state index is 0.884. The summed E-state index contributed by atoms with van der Waals surface area (Å²) in [5.41, 5.74) is 0.978. The number of hydrogen-bond donors (Lipinski definition) is 1. The van der Waals surface area contributed by atoms with Gasteiger partial charge in [0, 0.05) is 23.1 Å². The largest absolute Gasteiger partial charge is 0.367 e. The summed E-state index contributed by atoms with van der Waals surface area (Å²) < 4.78 is 0. The molecule has 0 amide bonds. The number of rotatable bonds is 4. The second-order valence-corrected chi connectivity index (χ2v) is 4.58. The zero-order valence-corrected chi connectivity index (χ0v) is 10.3. The maximum Gasteiger partial charge on any atom is 0.156 e. The number of aryl methyl sites for hydroxylation is 1. The van der Waals surface area contributed by atoms with Gasteiger partial charge in [-0.3, -0.25) is 0 Å². The lowest BCUT2D eigenvalue weighted by Crippen LogP contribution is -2.07. The summed E-state index contributed by atoms with van der Waals surface area (Å²) in [6.07, 6.45) is 2.10. The second-order valence-electron chi connectivity index (χ2n) is 3.60. The van der Waals surface area contributed by atoms with Crippen molar-refractivity contribution in [1.29, 1.82) is 0 Å². The molecule has 2 rings (SSSR count). The molecule has 0 bridgehead atoms. The molecule has 0 saturated carbocycles. The fourth-order valence-electron chi connectivity index (χ4n) is 1.64. The fraction of sp³-hybridized carbons (Fsp3) is 0.333. The van der Waals surface area contributed by atoms with Gasteiger partial charge in [0.2, 0.25) is 0 Å². The molecule has 0 aliphatic carbocycles. The molecule has 0 fully saturated rings. The van der Waals surface area contributed by atoms with Gasteiger partial charge in [-0.25, -0.2) is 0 Å². The van der Waals surface area contributed by atoms with Crippen molar-refractivity contribution in [3.8, 4) is 0 Å². The van der Waals surface area contributed by atoms with Gasteiger partial charge >= 0.3 is 0 Å². The molecule has 1 heterocycles. The van der Waals surface area contributed by atoms with E-state index >= 15 is 0 Å². The fourth-order valence-corrected chi connectivity index (χ4v) is 1.95. The van der Waals surface area contributed by atoms with Gasteiger partial charge in [0.05, 0.1) is 5.69 Å². The van der Waals surface area contributed by atoms with E-state index in [0.717, 1.165) is 29.2 Å². The third-order valence-corrected chi connectivity index (χ3v) is 3.08. The molecule has 0 aliphatic rings. The van der Waals surface area contributed by atoms with Gasteiger partial charge in [-0.05, 0) is 13.2 Å². The first-order valence-electron chi connectivity index (χ1n) is 5.28. The Hall–Kier alpha value is -1.29. The zero-order valence-electron chi connectivity index (χ0n) is 9.53. The number of anilines is 1. The van der Waals surface area contributed by atoms with Gasteiger partial charge in [0.1, 0.15) is 0 Å². The van der Waals surface area contributed by atoms with Crippen molar-refractivity contribution in [3.05, 3.63) is 30.0 Å². The van der Waals surface area contributed by atoms with Crippen LogP contribution >= 0.6 is 11.8 Å². The van der Waals surface area contributed by atoms with Gasteiger partial charge in [0.15, 0.2) is 5.82 Å². The molecule has 4 heteroatoms. The number of hydrogen-bond acceptors (Lipinski definition) is 4. The first-order chi connectivity index (χ1) is 7.83. The quantitative estimate of drug-likeness (QED) is 0.824. The molecule has 1 aromatic carbocycles. The Morgan fingerprint density at radius 2 is 1.94 bits per heavy atom. The average Bonchev–Trinajstić information content (AvgIpc) is 2.33. The van der Waals surface area contributed by atoms with Crippen molar-refractivity contribution in [2.75, 3.05) is 23.9 Å². The Kier molecular flexibility index (Phi) is 3.62. The molecule has 3 nitrogen and oxygen atoms in total. The number of thioether (sulfide) groups is 1. The van der Waals surface area contributed by atoms with Crippen molar-refractivity contribution in [3.63, 3.8) is 0 Å². The van der Waals surface area contributed by atoms with E-state index < -0.39 is 0 Å². The highest BCUT2D eigenvalue weighted by Gasteiger charge is 2.04. The first kappa shape index (κ1) is 11.2. The van der Waals surface area contributed by atoms with Crippen LogP contribution < -0.4 is 5.32 Å². The molecule has 0 radical (unpaired) electrons. The predicted molar refractivity (Wildman–Crippen MR) is 71.1 cm³/mol. The number of benzene rings is 1. The summed E-state index contributed by atoms with van der Waals surface area (Å²) in [5.74, 6) is 1.96. The third-order valence-electron chi connectivity index (χ3n) is 2.47. The lowest BCUT2D eigenvalue weighted by Gasteiger charge is -2.08. The van der Waals surface area contributed by atoms with E-state index in [4.69, 9.17) is 0 Å². The summed E-state index contributed by atoms with van der Waals surface area (Å²) in [5, 5.41) is 14.0. The summed E-state index contributed by atoms with van der Waals surface area (Å²) in [7, 11) is 0. The molecule has 84 valence electrons. The standard InChI is InChI=1S/C12H15N3S/c1-9-10-5-3-4-6-11(10)12(15-14-9)13-7-8-16-2/h3-6H,7-8H2,1-2H3,(H,13,15). The van der Waals surface area contributed by atoms with Crippen LogP contribution in [0.15, 0.2) is 24.3 Å². The smallest absolute Gasteiger partial charge is 0.156 e. The van der Waals surface area contributed by atoms with Crippen molar-refractivity contribution in [2.24, 2.45) is 0 Å². The van der Waals surface area contributed by atoms with Gasteiger partial charge in [-0.2, -0.15) is 16.9 Å². The van der Waals surface area contributed by atoms with Crippen LogP contribution in [0, 0.1) is 6.92 Å². The lowest BCUT2D eigenvalue weighted by molar-refractivity contribution is 0.992. The SMILES string of the molecule is CSCCNc1nnc(C)c2ccccc12. The highest BCUT2D eigenvalue weighted by Crippen LogP contribution is 2.21. The lowest BCUT2D eigenvalue weighted by atomic mass is 10.1. The molecular weight excluding hydrogens is 218 g/mol. The van der Waals surface area contributed by atoms with Crippen LogP contribution in [-0.2, 0) is 0 Å².